The third-order valence-electron chi connectivity index (χ3n) is 4.61. The Kier molecular flexibility index (Phi) is 3.25. The molecule has 0 atom stereocenters. The van der Waals surface area contributed by atoms with Crippen molar-refractivity contribution >= 4 is 12.0 Å². The molecule has 0 saturated heterocycles. The first-order valence-corrected chi connectivity index (χ1v) is 6.65. The van der Waals surface area contributed by atoms with E-state index >= 15 is 0 Å². The molecule has 5 nitrogen and oxygen atoms in total. The van der Waals surface area contributed by atoms with Gasteiger partial charge in [-0.15, -0.1) is 0 Å². The molecule has 2 amide bonds. The van der Waals surface area contributed by atoms with Gasteiger partial charge in [-0.25, -0.2) is 4.79 Å². The molecule has 18 heavy (non-hydrogen) atoms. The molecule has 2 saturated carbocycles. The van der Waals surface area contributed by atoms with E-state index in [1.54, 1.807) is 0 Å². The van der Waals surface area contributed by atoms with Crippen molar-refractivity contribution in [1.82, 2.24) is 10.6 Å². The monoisotopic (exact) mass is 254 g/mol. The lowest BCUT2D eigenvalue weighted by Gasteiger charge is -2.20. The van der Waals surface area contributed by atoms with Crippen LogP contribution in [0.5, 0.6) is 0 Å². The van der Waals surface area contributed by atoms with Crippen LogP contribution in [0.3, 0.4) is 0 Å². The van der Waals surface area contributed by atoms with Gasteiger partial charge in [0.25, 0.3) is 0 Å². The van der Waals surface area contributed by atoms with Crippen LogP contribution in [-0.4, -0.2) is 30.2 Å². The molecule has 0 radical (unpaired) electrons. The summed E-state index contributed by atoms with van der Waals surface area (Å²) in [5, 5.41) is 14.5. The SMILES string of the molecule is CC(C)C1(CNC(=O)NCC2(C(=O)O)CC2)CC1. The zero-order chi connectivity index (χ0) is 13.4. The molecule has 0 unspecified atom stereocenters. The number of hydrogen-bond donors (Lipinski definition) is 3. The van der Waals surface area contributed by atoms with Gasteiger partial charge in [0.2, 0.25) is 0 Å². The summed E-state index contributed by atoms with van der Waals surface area (Å²) in [6.45, 7) is 5.28. The number of carboxylic acids is 1. The first-order chi connectivity index (χ1) is 8.40. The molecule has 0 heterocycles. The highest BCUT2D eigenvalue weighted by molar-refractivity contribution is 5.80. The lowest BCUT2D eigenvalue weighted by Crippen LogP contribution is -2.43. The van der Waals surface area contributed by atoms with Crippen molar-refractivity contribution in [1.29, 1.82) is 0 Å². The highest BCUT2D eigenvalue weighted by atomic mass is 16.4. The van der Waals surface area contributed by atoms with Crippen LogP contribution in [0.4, 0.5) is 4.79 Å². The van der Waals surface area contributed by atoms with Crippen LogP contribution in [-0.2, 0) is 4.79 Å². The normalized spacial score (nSPS) is 22.4. The van der Waals surface area contributed by atoms with Crippen molar-refractivity contribution < 1.29 is 14.7 Å². The quantitative estimate of drug-likeness (QED) is 0.673. The zero-order valence-corrected chi connectivity index (χ0v) is 11.1. The number of carbonyl (C=O) groups excluding carboxylic acids is 1. The largest absolute Gasteiger partial charge is 0.481 e. The van der Waals surface area contributed by atoms with Crippen molar-refractivity contribution in [2.45, 2.75) is 39.5 Å². The molecule has 2 aliphatic carbocycles. The van der Waals surface area contributed by atoms with Crippen LogP contribution in [0.2, 0.25) is 0 Å². The van der Waals surface area contributed by atoms with Gasteiger partial charge in [0.1, 0.15) is 0 Å². The van der Waals surface area contributed by atoms with Crippen molar-refractivity contribution in [2.24, 2.45) is 16.7 Å². The van der Waals surface area contributed by atoms with E-state index in [1.807, 2.05) is 0 Å². The highest BCUT2D eigenvalue weighted by Crippen LogP contribution is 2.51. The average molecular weight is 254 g/mol. The van der Waals surface area contributed by atoms with Crippen molar-refractivity contribution in [3.05, 3.63) is 0 Å². The van der Waals surface area contributed by atoms with Gasteiger partial charge in [0.05, 0.1) is 5.41 Å². The fourth-order valence-corrected chi connectivity index (χ4v) is 2.30. The van der Waals surface area contributed by atoms with Crippen LogP contribution >= 0.6 is 0 Å². The number of urea groups is 1. The standard InChI is InChI=1S/C13H22N2O3/c1-9(2)12(3-4-12)7-14-11(18)15-8-13(5-6-13)10(16)17/h9H,3-8H2,1-2H3,(H,16,17)(H2,14,15,18). The van der Waals surface area contributed by atoms with E-state index < -0.39 is 11.4 Å². The Morgan fingerprint density at radius 1 is 1.11 bits per heavy atom. The smallest absolute Gasteiger partial charge is 0.314 e. The number of carbonyl (C=O) groups is 2. The summed E-state index contributed by atoms with van der Waals surface area (Å²) < 4.78 is 0. The Morgan fingerprint density at radius 3 is 2.06 bits per heavy atom. The fourth-order valence-electron chi connectivity index (χ4n) is 2.30. The van der Waals surface area contributed by atoms with Crippen LogP contribution in [0.1, 0.15) is 39.5 Å². The number of aliphatic carboxylic acids is 1. The Labute approximate surface area is 107 Å². The fraction of sp³-hybridized carbons (Fsp3) is 0.846. The first kappa shape index (κ1) is 13.2. The van der Waals surface area contributed by atoms with Gasteiger partial charge in [-0.2, -0.15) is 0 Å². The minimum Gasteiger partial charge on any atom is -0.481 e. The summed E-state index contributed by atoms with van der Waals surface area (Å²) in [6.07, 6.45) is 3.67. The highest BCUT2D eigenvalue weighted by Gasteiger charge is 2.50. The van der Waals surface area contributed by atoms with Gasteiger partial charge < -0.3 is 15.7 Å². The van der Waals surface area contributed by atoms with Crippen molar-refractivity contribution in [3.8, 4) is 0 Å². The molecular formula is C13H22N2O3. The summed E-state index contributed by atoms with van der Waals surface area (Å²) in [5.41, 5.74) is -0.409. The van der Waals surface area contributed by atoms with Gasteiger partial charge in [-0.1, -0.05) is 13.8 Å². The Bertz CT molecular complexity index is 357. The Morgan fingerprint density at radius 2 is 1.67 bits per heavy atom. The van der Waals surface area contributed by atoms with Gasteiger partial charge >= 0.3 is 12.0 Å². The lowest BCUT2D eigenvalue weighted by molar-refractivity contribution is -0.143. The molecule has 2 fully saturated rings. The summed E-state index contributed by atoms with van der Waals surface area (Å²) in [6, 6.07) is -0.241. The maximum absolute atomic E-state index is 11.6. The topological polar surface area (TPSA) is 78.4 Å². The Hall–Kier alpha value is -1.26. The molecule has 0 aromatic carbocycles. The van der Waals surface area contributed by atoms with E-state index in [-0.39, 0.29) is 18.0 Å². The van der Waals surface area contributed by atoms with E-state index in [2.05, 4.69) is 24.5 Å². The average Bonchev–Trinajstić information content (AvgIpc) is 3.17. The maximum Gasteiger partial charge on any atom is 0.314 e. The first-order valence-electron chi connectivity index (χ1n) is 6.65. The second-order valence-electron chi connectivity index (χ2n) is 6.14. The van der Waals surface area contributed by atoms with Crippen LogP contribution in [0, 0.1) is 16.7 Å². The summed E-state index contributed by atoms with van der Waals surface area (Å²) in [7, 11) is 0. The van der Waals surface area contributed by atoms with Gasteiger partial charge in [0, 0.05) is 13.1 Å². The zero-order valence-electron chi connectivity index (χ0n) is 11.1. The molecule has 102 valence electrons. The Balaban J connectivity index is 1.69. The predicted octanol–water partition coefficient (Wildman–Crippen LogP) is 1.59. The van der Waals surface area contributed by atoms with Crippen LogP contribution in [0.25, 0.3) is 0 Å². The second-order valence-corrected chi connectivity index (χ2v) is 6.14. The number of carboxylic acid groups (broad SMARTS) is 1. The molecule has 3 N–H and O–H groups in total. The van der Waals surface area contributed by atoms with Crippen molar-refractivity contribution in [3.63, 3.8) is 0 Å². The van der Waals surface area contributed by atoms with E-state index in [1.165, 1.54) is 12.8 Å². The molecule has 5 heteroatoms. The third-order valence-corrected chi connectivity index (χ3v) is 4.61. The predicted molar refractivity (Wildman–Crippen MR) is 67.2 cm³/mol. The van der Waals surface area contributed by atoms with Gasteiger partial charge in [0.15, 0.2) is 0 Å². The van der Waals surface area contributed by atoms with E-state index in [4.69, 9.17) is 5.11 Å². The van der Waals surface area contributed by atoms with E-state index in [0.717, 1.165) is 0 Å². The molecular weight excluding hydrogens is 232 g/mol. The number of rotatable bonds is 6. The number of amides is 2. The number of hydrogen-bond acceptors (Lipinski definition) is 2. The van der Waals surface area contributed by atoms with Crippen molar-refractivity contribution in [2.75, 3.05) is 13.1 Å². The third kappa shape index (κ3) is 2.60. The molecule has 0 aliphatic heterocycles. The minimum atomic E-state index is -0.802. The summed E-state index contributed by atoms with van der Waals surface area (Å²) in [5.74, 6) is -0.227. The molecule has 0 spiro atoms. The molecule has 0 aromatic rings. The molecule has 2 rings (SSSR count). The van der Waals surface area contributed by atoms with Crippen LogP contribution in [0.15, 0.2) is 0 Å². The van der Waals surface area contributed by atoms with Crippen LogP contribution < -0.4 is 10.6 Å². The molecule has 2 aliphatic rings. The van der Waals surface area contributed by atoms with E-state index in [9.17, 15) is 9.59 Å². The lowest BCUT2D eigenvalue weighted by atomic mass is 9.92. The minimum absolute atomic E-state index is 0.239. The van der Waals surface area contributed by atoms with Gasteiger partial charge in [-0.05, 0) is 37.0 Å². The molecule has 0 aromatic heterocycles. The van der Waals surface area contributed by atoms with Gasteiger partial charge in [-0.3, -0.25) is 4.79 Å². The number of nitrogens with one attached hydrogen (secondary N) is 2. The second kappa shape index (κ2) is 4.44. The maximum atomic E-state index is 11.6. The van der Waals surface area contributed by atoms with E-state index in [0.29, 0.717) is 25.3 Å². The summed E-state index contributed by atoms with van der Waals surface area (Å²) in [4.78, 5) is 22.6. The molecule has 0 bridgehead atoms. The summed E-state index contributed by atoms with van der Waals surface area (Å²) >= 11 is 0.